The molecule has 0 saturated heterocycles. The summed E-state index contributed by atoms with van der Waals surface area (Å²) in [6, 6.07) is 13.6. The number of fused-ring (bicyclic) bond motifs is 1. The van der Waals surface area contributed by atoms with Gasteiger partial charge >= 0.3 is 0 Å². The molecule has 3 rings (SSSR count). The van der Waals surface area contributed by atoms with Crippen LogP contribution in [0.15, 0.2) is 36.4 Å². The predicted molar refractivity (Wildman–Crippen MR) is 88.7 cm³/mol. The summed E-state index contributed by atoms with van der Waals surface area (Å²) in [5.74, 6) is 2.56. The van der Waals surface area contributed by atoms with E-state index in [1.165, 1.54) is 29.2 Å². The molecule has 3 atom stereocenters. The maximum Gasteiger partial charge on any atom is 0.119 e. The molecule has 2 aromatic carbocycles. The zero-order valence-corrected chi connectivity index (χ0v) is 13.2. The van der Waals surface area contributed by atoms with Crippen molar-refractivity contribution in [2.75, 3.05) is 7.11 Å². The Balaban J connectivity index is 1.70. The van der Waals surface area contributed by atoms with Crippen molar-refractivity contribution in [3.63, 3.8) is 0 Å². The lowest BCUT2D eigenvalue weighted by Gasteiger charge is -2.20. The molecule has 3 unspecified atom stereocenters. The lowest BCUT2D eigenvalue weighted by Crippen LogP contribution is -2.31. The van der Waals surface area contributed by atoms with Gasteiger partial charge in [0, 0.05) is 12.6 Å². The van der Waals surface area contributed by atoms with Gasteiger partial charge < -0.3 is 10.1 Å². The van der Waals surface area contributed by atoms with Crippen molar-refractivity contribution in [2.45, 2.75) is 39.3 Å². The third kappa shape index (κ3) is 3.06. The lowest BCUT2D eigenvalue weighted by atomic mass is 9.97. The maximum atomic E-state index is 5.28. The van der Waals surface area contributed by atoms with Crippen LogP contribution in [-0.4, -0.2) is 13.2 Å². The van der Waals surface area contributed by atoms with Gasteiger partial charge in [-0.15, -0.1) is 0 Å². The van der Waals surface area contributed by atoms with Crippen LogP contribution >= 0.6 is 0 Å². The van der Waals surface area contributed by atoms with Crippen molar-refractivity contribution in [3.05, 3.63) is 42.0 Å². The van der Waals surface area contributed by atoms with Crippen LogP contribution in [0.3, 0.4) is 0 Å². The standard InChI is InChI=1S/C19H25NO/c1-13-4-9-19(14(13)2)20-12-15-5-6-17-11-18(21-3)8-7-16(17)10-15/h5-8,10-11,13-14,19-20H,4,9,12H2,1-3H3. The van der Waals surface area contributed by atoms with Crippen molar-refractivity contribution < 1.29 is 4.74 Å². The highest BCUT2D eigenvalue weighted by Crippen LogP contribution is 2.31. The molecule has 112 valence electrons. The minimum Gasteiger partial charge on any atom is -0.497 e. The van der Waals surface area contributed by atoms with Crippen LogP contribution in [0.4, 0.5) is 0 Å². The summed E-state index contributed by atoms with van der Waals surface area (Å²) in [5.41, 5.74) is 1.36. The Morgan fingerprint density at radius 1 is 1.05 bits per heavy atom. The first kappa shape index (κ1) is 14.4. The fraction of sp³-hybridized carbons (Fsp3) is 0.474. The molecule has 1 fully saturated rings. The molecule has 2 nitrogen and oxygen atoms in total. The highest BCUT2D eigenvalue weighted by atomic mass is 16.5. The summed E-state index contributed by atoms with van der Waals surface area (Å²) in [4.78, 5) is 0. The number of methoxy groups -OCH3 is 1. The van der Waals surface area contributed by atoms with E-state index in [2.05, 4.69) is 49.5 Å². The molecule has 0 aromatic heterocycles. The summed E-state index contributed by atoms with van der Waals surface area (Å²) >= 11 is 0. The Labute approximate surface area is 127 Å². The smallest absolute Gasteiger partial charge is 0.119 e. The first-order valence-corrected chi connectivity index (χ1v) is 7.97. The van der Waals surface area contributed by atoms with Crippen molar-refractivity contribution >= 4 is 10.8 Å². The van der Waals surface area contributed by atoms with Crippen molar-refractivity contribution in [2.24, 2.45) is 11.8 Å². The molecule has 0 aliphatic heterocycles. The van der Waals surface area contributed by atoms with Gasteiger partial charge in [-0.2, -0.15) is 0 Å². The zero-order chi connectivity index (χ0) is 14.8. The molecule has 21 heavy (non-hydrogen) atoms. The van der Waals surface area contributed by atoms with E-state index in [0.717, 1.165) is 24.1 Å². The zero-order valence-electron chi connectivity index (χ0n) is 13.2. The lowest BCUT2D eigenvalue weighted by molar-refractivity contribution is 0.370. The number of ether oxygens (including phenoxy) is 1. The van der Waals surface area contributed by atoms with Crippen LogP contribution in [0.5, 0.6) is 5.75 Å². The number of nitrogens with one attached hydrogen (secondary N) is 1. The highest BCUT2D eigenvalue weighted by Gasteiger charge is 2.28. The van der Waals surface area contributed by atoms with Crippen LogP contribution in [0.25, 0.3) is 10.8 Å². The quantitative estimate of drug-likeness (QED) is 0.899. The van der Waals surface area contributed by atoms with E-state index < -0.39 is 0 Å². The van der Waals surface area contributed by atoms with Gasteiger partial charge in [-0.05, 0) is 59.2 Å². The monoisotopic (exact) mass is 283 g/mol. The minimum atomic E-state index is 0.673. The Hall–Kier alpha value is -1.54. The maximum absolute atomic E-state index is 5.28. The largest absolute Gasteiger partial charge is 0.497 e. The topological polar surface area (TPSA) is 21.3 Å². The van der Waals surface area contributed by atoms with Crippen LogP contribution in [-0.2, 0) is 6.54 Å². The molecule has 2 heteroatoms. The normalized spacial score (nSPS) is 25.4. The fourth-order valence-corrected chi connectivity index (χ4v) is 3.41. The first-order valence-electron chi connectivity index (χ1n) is 7.97. The molecule has 1 N–H and O–H groups in total. The van der Waals surface area contributed by atoms with Gasteiger partial charge in [-0.1, -0.05) is 32.0 Å². The third-order valence-electron chi connectivity index (χ3n) is 5.15. The van der Waals surface area contributed by atoms with Crippen LogP contribution < -0.4 is 10.1 Å². The van der Waals surface area contributed by atoms with E-state index in [1.54, 1.807) is 7.11 Å². The molecular weight excluding hydrogens is 258 g/mol. The Kier molecular flexibility index (Phi) is 4.16. The van der Waals surface area contributed by atoms with Gasteiger partial charge in [0.2, 0.25) is 0 Å². The van der Waals surface area contributed by atoms with Crippen LogP contribution in [0.2, 0.25) is 0 Å². The molecule has 0 spiro atoms. The molecule has 0 heterocycles. The Bertz CT molecular complexity index is 622. The number of rotatable bonds is 4. The number of benzene rings is 2. The average Bonchev–Trinajstić information content (AvgIpc) is 2.84. The second-order valence-electron chi connectivity index (χ2n) is 6.45. The number of hydrogen-bond acceptors (Lipinski definition) is 2. The van der Waals surface area contributed by atoms with Gasteiger partial charge in [0.1, 0.15) is 5.75 Å². The van der Waals surface area contributed by atoms with E-state index in [-0.39, 0.29) is 0 Å². The van der Waals surface area contributed by atoms with Crippen molar-refractivity contribution in [1.29, 1.82) is 0 Å². The van der Waals surface area contributed by atoms with E-state index in [4.69, 9.17) is 4.74 Å². The second-order valence-corrected chi connectivity index (χ2v) is 6.45. The van der Waals surface area contributed by atoms with E-state index in [1.807, 2.05) is 6.07 Å². The summed E-state index contributed by atoms with van der Waals surface area (Å²) in [5, 5.41) is 6.26. The summed E-state index contributed by atoms with van der Waals surface area (Å²) < 4.78 is 5.28. The van der Waals surface area contributed by atoms with Gasteiger partial charge in [0.25, 0.3) is 0 Å². The minimum absolute atomic E-state index is 0.673. The molecular formula is C19H25NO. The molecule has 0 amide bonds. The second kappa shape index (κ2) is 6.07. The van der Waals surface area contributed by atoms with E-state index >= 15 is 0 Å². The van der Waals surface area contributed by atoms with Crippen LogP contribution in [0, 0.1) is 11.8 Å². The summed E-state index contributed by atoms with van der Waals surface area (Å²) in [7, 11) is 1.71. The van der Waals surface area contributed by atoms with E-state index in [0.29, 0.717) is 6.04 Å². The molecule has 1 aliphatic rings. The average molecular weight is 283 g/mol. The van der Waals surface area contributed by atoms with Gasteiger partial charge in [-0.25, -0.2) is 0 Å². The predicted octanol–water partition coefficient (Wildman–Crippen LogP) is 4.37. The third-order valence-corrected chi connectivity index (χ3v) is 5.15. The molecule has 2 aromatic rings. The summed E-state index contributed by atoms with van der Waals surface area (Å²) in [6.45, 7) is 5.71. The van der Waals surface area contributed by atoms with Gasteiger partial charge in [-0.3, -0.25) is 0 Å². The van der Waals surface area contributed by atoms with Crippen molar-refractivity contribution in [1.82, 2.24) is 5.32 Å². The van der Waals surface area contributed by atoms with Gasteiger partial charge in [0.15, 0.2) is 0 Å². The van der Waals surface area contributed by atoms with Gasteiger partial charge in [0.05, 0.1) is 7.11 Å². The SMILES string of the molecule is COc1ccc2cc(CNC3CCC(C)C3C)ccc2c1. The first-order chi connectivity index (χ1) is 10.2. The number of hydrogen-bond donors (Lipinski definition) is 1. The molecule has 1 aliphatic carbocycles. The summed E-state index contributed by atoms with van der Waals surface area (Å²) in [6.07, 6.45) is 2.67. The molecule has 0 radical (unpaired) electrons. The van der Waals surface area contributed by atoms with Crippen LogP contribution in [0.1, 0.15) is 32.3 Å². The van der Waals surface area contributed by atoms with Crippen molar-refractivity contribution in [3.8, 4) is 5.75 Å². The van der Waals surface area contributed by atoms with E-state index in [9.17, 15) is 0 Å². The Morgan fingerprint density at radius 2 is 1.81 bits per heavy atom. The fourth-order valence-electron chi connectivity index (χ4n) is 3.41. The molecule has 1 saturated carbocycles. The molecule has 0 bridgehead atoms. The highest BCUT2D eigenvalue weighted by molar-refractivity contribution is 5.84. The Morgan fingerprint density at radius 3 is 2.52 bits per heavy atom.